The highest BCUT2D eigenvalue weighted by molar-refractivity contribution is 5.99. The first-order valence-corrected chi connectivity index (χ1v) is 8.69. The molecular formula is C19H22N2O5. The SMILES string of the molecule is CCCOc1ccc2cc(C(=O)N3CCN(C)C(=O)C3C)c(=O)oc2c1. The van der Waals surface area contributed by atoms with Crippen LogP contribution in [0.2, 0.25) is 0 Å². The maximum atomic E-state index is 12.8. The number of fused-ring (bicyclic) bond motifs is 1. The van der Waals surface area contributed by atoms with Gasteiger partial charge in [-0.3, -0.25) is 9.59 Å². The molecule has 138 valence electrons. The zero-order chi connectivity index (χ0) is 18.8. The van der Waals surface area contributed by atoms with Gasteiger partial charge in [-0.15, -0.1) is 0 Å². The summed E-state index contributed by atoms with van der Waals surface area (Å²) in [5.74, 6) is -0.0201. The van der Waals surface area contributed by atoms with E-state index >= 15 is 0 Å². The van der Waals surface area contributed by atoms with Crippen LogP contribution in [0, 0.1) is 0 Å². The molecule has 7 heteroatoms. The molecule has 7 nitrogen and oxygen atoms in total. The Morgan fingerprint density at radius 3 is 2.77 bits per heavy atom. The normalized spacial score (nSPS) is 17.7. The predicted molar refractivity (Wildman–Crippen MR) is 96.4 cm³/mol. The van der Waals surface area contributed by atoms with Crippen molar-refractivity contribution < 1.29 is 18.7 Å². The summed E-state index contributed by atoms with van der Waals surface area (Å²) >= 11 is 0. The van der Waals surface area contributed by atoms with E-state index in [9.17, 15) is 14.4 Å². The maximum Gasteiger partial charge on any atom is 0.349 e. The molecule has 1 aliphatic heterocycles. The summed E-state index contributed by atoms with van der Waals surface area (Å²) < 4.78 is 10.9. The van der Waals surface area contributed by atoms with Crippen molar-refractivity contribution in [2.24, 2.45) is 0 Å². The summed E-state index contributed by atoms with van der Waals surface area (Å²) in [5.41, 5.74) is -0.416. The zero-order valence-corrected chi connectivity index (χ0v) is 15.2. The lowest BCUT2D eigenvalue weighted by Crippen LogP contribution is -2.56. The van der Waals surface area contributed by atoms with Crippen LogP contribution >= 0.6 is 0 Å². The third-order valence-electron chi connectivity index (χ3n) is 4.55. The zero-order valence-electron chi connectivity index (χ0n) is 15.2. The molecule has 2 amide bonds. The molecule has 1 saturated heterocycles. The van der Waals surface area contributed by atoms with E-state index in [1.54, 1.807) is 37.1 Å². The van der Waals surface area contributed by atoms with E-state index in [0.717, 1.165) is 6.42 Å². The number of hydrogen-bond acceptors (Lipinski definition) is 5. The molecule has 1 aliphatic rings. The van der Waals surface area contributed by atoms with Gasteiger partial charge < -0.3 is 19.0 Å². The summed E-state index contributed by atoms with van der Waals surface area (Å²) in [7, 11) is 1.70. The highest BCUT2D eigenvalue weighted by Gasteiger charge is 2.34. The van der Waals surface area contributed by atoms with E-state index < -0.39 is 17.6 Å². The molecular weight excluding hydrogens is 336 g/mol. The minimum absolute atomic E-state index is 0.0658. The van der Waals surface area contributed by atoms with Gasteiger partial charge in [0.1, 0.15) is 22.9 Å². The van der Waals surface area contributed by atoms with E-state index in [1.165, 1.54) is 11.0 Å². The lowest BCUT2D eigenvalue weighted by Gasteiger charge is -2.37. The van der Waals surface area contributed by atoms with Crippen molar-refractivity contribution in [2.75, 3.05) is 26.7 Å². The van der Waals surface area contributed by atoms with E-state index in [-0.39, 0.29) is 11.5 Å². The Balaban J connectivity index is 1.92. The van der Waals surface area contributed by atoms with Gasteiger partial charge in [-0.05, 0) is 31.5 Å². The van der Waals surface area contributed by atoms with Crippen molar-refractivity contribution in [3.63, 3.8) is 0 Å². The average molecular weight is 358 g/mol. The van der Waals surface area contributed by atoms with E-state index in [0.29, 0.717) is 36.4 Å². The lowest BCUT2D eigenvalue weighted by molar-refractivity contribution is -0.137. The van der Waals surface area contributed by atoms with Gasteiger partial charge in [-0.25, -0.2) is 4.79 Å². The molecule has 1 unspecified atom stereocenters. The van der Waals surface area contributed by atoms with Gasteiger partial charge in [0.15, 0.2) is 0 Å². The second-order valence-electron chi connectivity index (χ2n) is 6.43. The minimum atomic E-state index is -0.714. The fourth-order valence-electron chi connectivity index (χ4n) is 3.00. The van der Waals surface area contributed by atoms with Gasteiger partial charge in [0.05, 0.1) is 6.61 Å². The molecule has 1 aromatic carbocycles. The predicted octanol–water partition coefficient (Wildman–Crippen LogP) is 1.88. The quantitative estimate of drug-likeness (QED) is 0.780. The van der Waals surface area contributed by atoms with Gasteiger partial charge >= 0.3 is 5.63 Å². The van der Waals surface area contributed by atoms with Crippen LogP contribution in [0.15, 0.2) is 33.5 Å². The fraction of sp³-hybridized carbons (Fsp3) is 0.421. The summed E-state index contributed by atoms with van der Waals surface area (Å²) in [6, 6.07) is 6.07. The Labute approximate surface area is 151 Å². The van der Waals surface area contributed by atoms with E-state index in [1.807, 2.05) is 6.92 Å². The van der Waals surface area contributed by atoms with Gasteiger partial charge in [0.25, 0.3) is 5.91 Å². The third kappa shape index (κ3) is 3.29. The van der Waals surface area contributed by atoms with Crippen LogP contribution in [0.5, 0.6) is 5.75 Å². The first-order valence-electron chi connectivity index (χ1n) is 8.69. The standard InChI is InChI=1S/C19H22N2O5/c1-4-9-25-14-6-5-13-10-15(19(24)26-16(13)11-14)18(23)21-8-7-20(3)17(22)12(21)2/h5-6,10-12H,4,7-9H2,1-3H3. The van der Waals surface area contributed by atoms with Crippen molar-refractivity contribution >= 4 is 22.8 Å². The van der Waals surface area contributed by atoms with Gasteiger partial charge in [-0.1, -0.05) is 6.92 Å². The van der Waals surface area contributed by atoms with Crippen LogP contribution in [0.3, 0.4) is 0 Å². The topological polar surface area (TPSA) is 80.1 Å². The third-order valence-corrected chi connectivity index (χ3v) is 4.55. The largest absolute Gasteiger partial charge is 0.493 e. The Morgan fingerprint density at radius 2 is 2.04 bits per heavy atom. The van der Waals surface area contributed by atoms with Gasteiger partial charge in [0.2, 0.25) is 5.91 Å². The molecule has 1 atom stereocenters. The second-order valence-corrected chi connectivity index (χ2v) is 6.43. The van der Waals surface area contributed by atoms with Gasteiger partial charge in [0, 0.05) is 31.6 Å². The molecule has 0 bridgehead atoms. The van der Waals surface area contributed by atoms with Crippen molar-refractivity contribution in [1.82, 2.24) is 9.80 Å². The second kappa shape index (κ2) is 7.19. The van der Waals surface area contributed by atoms with Crippen LogP contribution in [-0.2, 0) is 4.79 Å². The molecule has 2 heterocycles. The highest BCUT2D eigenvalue weighted by atomic mass is 16.5. The summed E-state index contributed by atoms with van der Waals surface area (Å²) in [6.45, 7) is 5.05. The number of nitrogens with zero attached hydrogens (tertiary/aromatic N) is 2. The highest BCUT2D eigenvalue weighted by Crippen LogP contribution is 2.22. The Morgan fingerprint density at radius 1 is 1.27 bits per heavy atom. The van der Waals surface area contributed by atoms with E-state index in [4.69, 9.17) is 9.15 Å². The van der Waals surface area contributed by atoms with Crippen molar-refractivity contribution in [1.29, 1.82) is 0 Å². The van der Waals surface area contributed by atoms with Crippen molar-refractivity contribution in [3.05, 3.63) is 40.2 Å². The Kier molecular flexibility index (Phi) is 4.97. The molecule has 0 saturated carbocycles. The molecule has 2 aromatic rings. The van der Waals surface area contributed by atoms with Crippen LogP contribution < -0.4 is 10.4 Å². The maximum absolute atomic E-state index is 12.8. The minimum Gasteiger partial charge on any atom is -0.493 e. The van der Waals surface area contributed by atoms with Crippen molar-refractivity contribution in [3.8, 4) is 5.75 Å². The Bertz CT molecular complexity index is 904. The number of likely N-dealkylation sites (N-methyl/N-ethyl adjacent to an activating group) is 1. The molecule has 0 aliphatic carbocycles. The first kappa shape index (κ1) is 18.0. The number of benzene rings is 1. The lowest BCUT2D eigenvalue weighted by atomic mass is 10.1. The van der Waals surface area contributed by atoms with Crippen LogP contribution in [0.1, 0.15) is 30.6 Å². The van der Waals surface area contributed by atoms with Crippen LogP contribution in [-0.4, -0.2) is 54.4 Å². The molecule has 1 fully saturated rings. The monoisotopic (exact) mass is 358 g/mol. The number of amides is 2. The van der Waals surface area contributed by atoms with Crippen LogP contribution in [0.25, 0.3) is 11.0 Å². The smallest absolute Gasteiger partial charge is 0.349 e. The molecule has 0 radical (unpaired) electrons. The summed E-state index contributed by atoms with van der Waals surface area (Å²) in [4.78, 5) is 40.3. The first-order chi connectivity index (χ1) is 12.4. The molecule has 3 rings (SSSR count). The van der Waals surface area contributed by atoms with Gasteiger partial charge in [-0.2, -0.15) is 0 Å². The summed E-state index contributed by atoms with van der Waals surface area (Å²) in [5, 5.41) is 0.630. The van der Waals surface area contributed by atoms with Crippen molar-refractivity contribution in [2.45, 2.75) is 26.3 Å². The van der Waals surface area contributed by atoms with E-state index in [2.05, 4.69) is 0 Å². The molecule has 1 aromatic heterocycles. The number of carbonyl (C=O) groups is 2. The summed E-state index contributed by atoms with van der Waals surface area (Å²) in [6.07, 6.45) is 0.872. The number of rotatable bonds is 4. The molecule has 26 heavy (non-hydrogen) atoms. The molecule has 0 spiro atoms. The average Bonchev–Trinajstić information content (AvgIpc) is 2.63. The number of hydrogen-bond donors (Lipinski definition) is 0. The number of ether oxygens (including phenoxy) is 1. The fourth-order valence-corrected chi connectivity index (χ4v) is 3.00. The number of carbonyl (C=O) groups excluding carboxylic acids is 2. The van der Waals surface area contributed by atoms with Crippen LogP contribution in [0.4, 0.5) is 0 Å². The number of piperazine rings is 1. The Hall–Kier alpha value is -2.83. The molecule has 0 N–H and O–H groups in total.